The molecule has 3 rings (SSSR count). The number of unbranched alkanes of at least 4 members (excludes halogenated alkanes) is 33. The van der Waals surface area contributed by atoms with Crippen LogP contribution >= 0.6 is 0 Å². The van der Waals surface area contributed by atoms with Gasteiger partial charge in [0.05, 0.1) is 38.6 Å². The van der Waals surface area contributed by atoms with E-state index in [0.29, 0.717) is 12.8 Å². The minimum absolute atomic E-state index is 0.239. The summed E-state index contributed by atoms with van der Waals surface area (Å²) in [6, 6.07) is -0.879. The molecule has 0 aromatic rings. The van der Waals surface area contributed by atoms with E-state index in [-0.39, 0.29) is 18.9 Å². The highest BCUT2D eigenvalue weighted by Crippen LogP contribution is 2.33. The molecule has 474 valence electrons. The maximum absolute atomic E-state index is 13.3. The van der Waals surface area contributed by atoms with Gasteiger partial charge in [-0.1, -0.05) is 232 Å². The summed E-state index contributed by atoms with van der Waals surface area (Å²) in [7, 11) is 0. The molecule has 12 N–H and O–H groups in total. The minimum Gasteiger partial charge on any atom is -0.394 e. The molecule has 3 aliphatic heterocycles. The van der Waals surface area contributed by atoms with Crippen LogP contribution in [0.15, 0.2) is 0 Å². The molecule has 1 amide bonds. The van der Waals surface area contributed by atoms with Gasteiger partial charge in [0.15, 0.2) is 18.9 Å². The molecule has 80 heavy (non-hydrogen) atoms. The zero-order chi connectivity index (χ0) is 58.3. The number of hydrogen-bond donors (Lipinski definition) is 12. The Morgan fingerprint density at radius 3 is 1.09 bits per heavy atom. The molecule has 3 fully saturated rings. The fraction of sp³-hybridized carbons (Fsp3) is 0.984. The van der Waals surface area contributed by atoms with Gasteiger partial charge >= 0.3 is 0 Å². The molecule has 19 heteroatoms. The molecule has 19 nitrogen and oxygen atoms in total. The Kier molecular flexibility index (Phi) is 41.2. The number of hydrogen-bond acceptors (Lipinski definition) is 18. The molecule has 0 bridgehead atoms. The standard InChI is InChI=1S/C61H117NO18/c1-3-5-7-9-11-13-15-16-17-18-19-20-21-22-23-24-25-26-27-28-29-31-33-35-37-39-49(67)62-44(45(66)38-36-34-32-30-14-12-10-8-6-4-2)43-75-59-55(73)52(70)57(47(41-64)77-59)80-61-56(74)53(71)58(48(42-65)78-61)79-60-54(72)51(69)50(68)46(40-63)76-60/h44-48,50-61,63-66,68-74H,3-43H2,1-2H3,(H,62,67). The highest BCUT2D eigenvalue weighted by molar-refractivity contribution is 5.76. The quantitative estimate of drug-likeness (QED) is 0.0280. The lowest BCUT2D eigenvalue weighted by Crippen LogP contribution is -2.66. The van der Waals surface area contributed by atoms with E-state index in [4.69, 9.17) is 28.4 Å². The van der Waals surface area contributed by atoms with Crippen molar-refractivity contribution >= 4 is 5.91 Å². The molecule has 0 spiro atoms. The molecule has 3 saturated heterocycles. The van der Waals surface area contributed by atoms with Crippen molar-refractivity contribution in [3.63, 3.8) is 0 Å². The lowest BCUT2D eigenvalue weighted by molar-refractivity contribution is -0.379. The van der Waals surface area contributed by atoms with Gasteiger partial charge in [0, 0.05) is 6.42 Å². The number of carbonyl (C=O) groups is 1. The second kappa shape index (κ2) is 45.2. The number of rotatable bonds is 49. The van der Waals surface area contributed by atoms with Crippen LogP contribution in [0.3, 0.4) is 0 Å². The van der Waals surface area contributed by atoms with E-state index in [2.05, 4.69) is 19.2 Å². The van der Waals surface area contributed by atoms with Crippen LogP contribution in [0, 0.1) is 0 Å². The Hall–Kier alpha value is -1.21. The second-order valence-corrected chi connectivity index (χ2v) is 23.6. The Bertz CT molecular complexity index is 1470. The van der Waals surface area contributed by atoms with Crippen LogP contribution in [0.25, 0.3) is 0 Å². The monoisotopic (exact) mass is 1150 g/mol. The Balaban J connectivity index is 1.40. The third kappa shape index (κ3) is 28.3. The van der Waals surface area contributed by atoms with Crippen molar-refractivity contribution < 1.29 is 89.4 Å². The van der Waals surface area contributed by atoms with E-state index in [0.717, 1.165) is 44.9 Å². The van der Waals surface area contributed by atoms with Crippen LogP contribution < -0.4 is 5.32 Å². The van der Waals surface area contributed by atoms with Crippen LogP contribution in [-0.4, -0.2) is 193 Å². The largest absolute Gasteiger partial charge is 0.394 e. The summed E-state index contributed by atoms with van der Waals surface area (Å²) in [5, 5.41) is 120. The summed E-state index contributed by atoms with van der Waals surface area (Å²) in [6.07, 6.45) is 17.8. The zero-order valence-corrected chi connectivity index (χ0v) is 49.6. The molecule has 0 aromatic carbocycles. The van der Waals surface area contributed by atoms with Gasteiger partial charge in [-0.3, -0.25) is 4.79 Å². The molecule has 0 aromatic heterocycles. The molecular formula is C61H117NO18. The average Bonchev–Trinajstić information content (AvgIpc) is 3.47. The van der Waals surface area contributed by atoms with Crippen LogP contribution in [0.2, 0.25) is 0 Å². The molecule has 0 aliphatic carbocycles. The van der Waals surface area contributed by atoms with Crippen LogP contribution in [0.1, 0.15) is 251 Å². The first kappa shape index (κ1) is 73.0. The Morgan fingerprint density at radius 2 is 0.713 bits per heavy atom. The number of carbonyl (C=O) groups excluding carboxylic acids is 1. The predicted molar refractivity (Wildman–Crippen MR) is 305 cm³/mol. The normalized spacial score (nSPS) is 29.9. The van der Waals surface area contributed by atoms with E-state index < -0.39 is 124 Å². The van der Waals surface area contributed by atoms with Crippen molar-refractivity contribution in [3.05, 3.63) is 0 Å². The maximum Gasteiger partial charge on any atom is 0.220 e. The van der Waals surface area contributed by atoms with Gasteiger partial charge in [0.2, 0.25) is 5.91 Å². The van der Waals surface area contributed by atoms with Gasteiger partial charge < -0.3 is 89.9 Å². The SMILES string of the molecule is CCCCCCCCCCCCCCCCCCCCCCCCCCCC(=O)NC(COC1OC(CO)C(OC2OC(CO)C(OC3OC(CO)C(O)C(O)C3O)C(O)C2O)C(O)C1O)C(O)CCCCCCCCCCCC. The summed E-state index contributed by atoms with van der Waals surface area (Å²) in [5.41, 5.74) is 0. The molecule has 0 saturated carbocycles. The smallest absolute Gasteiger partial charge is 0.220 e. The van der Waals surface area contributed by atoms with Crippen LogP contribution in [0.4, 0.5) is 0 Å². The van der Waals surface area contributed by atoms with Crippen molar-refractivity contribution in [1.29, 1.82) is 0 Å². The summed E-state index contributed by atoms with van der Waals surface area (Å²) in [6.45, 7) is 1.79. The van der Waals surface area contributed by atoms with Crippen molar-refractivity contribution in [2.75, 3.05) is 26.4 Å². The van der Waals surface area contributed by atoms with Crippen molar-refractivity contribution in [1.82, 2.24) is 5.32 Å². The average molecular weight is 1150 g/mol. The van der Waals surface area contributed by atoms with E-state index in [1.807, 2.05) is 0 Å². The molecule has 0 radical (unpaired) electrons. The first-order chi connectivity index (χ1) is 38.8. The molecule has 17 atom stereocenters. The summed E-state index contributed by atoms with van der Waals surface area (Å²) in [4.78, 5) is 13.3. The minimum atomic E-state index is -1.97. The molecular weight excluding hydrogens is 1030 g/mol. The van der Waals surface area contributed by atoms with E-state index in [1.165, 1.54) is 173 Å². The first-order valence-corrected chi connectivity index (χ1v) is 32.3. The highest BCUT2D eigenvalue weighted by atomic mass is 16.8. The maximum atomic E-state index is 13.3. The van der Waals surface area contributed by atoms with Gasteiger partial charge in [0.1, 0.15) is 73.2 Å². The summed E-state index contributed by atoms with van der Waals surface area (Å²) < 4.78 is 34.3. The van der Waals surface area contributed by atoms with Gasteiger partial charge in [-0.05, 0) is 12.8 Å². The van der Waals surface area contributed by atoms with Crippen LogP contribution in [-0.2, 0) is 33.2 Å². The number of nitrogens with one attached hydrogen (secondary N) is 1. The third-order valence-corrected chi connectivity index (χ3v) is 16.7. The lowest BCUT2D eigenvalue weighted by Gasteiger charge is -2.48. The number of aliphatic hydroxyl groups is 11. The van der Waals surface area contributed by atoms with Crippen molar-refractivity contribution in [2.45, 2.75) is 356 Å². The fourth-order valence-corrected chi connectivity index (χ4v) is 11.4. The van der Waals surface area contributed by atoms with Crippen LogP contribution in [0.5, 0.6) is 0 Å². The van der Waals surface area contributed by atoms with Crippen molar-refractivity contribution in [3.8, 4) is 0 Å². The third-order valence-electron chi connectivity index (χ3n) is 16.7. The fourth-order valence-electron chi connectivity index (χ4n) is 11.4. The van der Waals surface area contributed by atoms with Gasteiger partial charge in [-0.2, -0.15) is 0 Å². The van der Waals surface area contributed by atoms with E-state index >= 15 is 0 Å². The second-order valence-electron chi connectivity index (χ2n) is 23.6. The summed E-state index contributed by atoms with van der Waals surface area (Å²) in [5.74, 6) is -0.239. The Labute approximate surface area is 481 Å². The number of ether oxygens (including phenoxy) is 6. The molecule has 17 unspecified atom stereocenters. The van der Waals surface area contributed by atoms with Gasteiger partial charge in [0.25, 0.3) is 0 Å². The zero-order valence-electron chi connectivity index (χ0n) is 49.6. The Morgan fingerprint density at radius 1 is 0.400 bits per heavy atom. The number of aliphatic hydroxyl groups excluding tert-OH is 11. The van der Waals surface area contributed by atoms with Gasteiger partial charge in [-0.15, -0.1) is 0 Å². The first-order valence-electron chi connectivity index (χ1n) is 32.3. The lowest BCUT2D eigenvalue weighted by atomic mass is 9.96. The van der Waals surface area contributed by atoms with Gasteiger partial charge in [-0.25, -0.2) is 0 Å². The highest BCUT2D eigenvalue weighted by Gasteiger charge is 2.53. The van der Waals surface area contributed by atoms with Crippen molar-refractivity contribution in [2.24, 2.45) is 0 Å². The molecule has 3 heterocycles. The topological polar surface area (TPSA) is 307 Å². The van der Waals surface area contributed by atoms with E-state index in [9.17, 15) is 61.0 Å². The number of amides is 1. The summed E-state index contributed by atoms with van der Waals surface area (Å²) >= 11 is 0. The van der Waals surface area contributed by atoms with E-state index in [1.54, 1.807) is 0 Å². The predicted octanol–water partition coefficient (Wildman–Crippen LogP) is 6.77. The molecule has 3 aliphatic rings.